The number of fused-ring (bicyclic) bond motifs is 1. The molecule has 0 atom stereocenters. The lowest BCUT2D eigenvalue weighted by Crippen LogP contribution is -2.35. The predicted octanol–water partition coefficient (Wildman–Crippen LogP) is 2.80. The minimum absolute atomic E-state index is 0.274. The van der Waals surface area contributed by atoms with Crippen molar-refractivity contribution in [3.8, 4) is 11.4 Å². The number of aromatic nitrogens is 4. The lowest BCUT2D eigenvalue weighted by molar-refractivity contribution is -0.137. The van der Waals surface area contributed by atoms with Gasteiger partial charge in [0.2, 0.25) is 0 Å². The molecule has 0 fully saturated rings. The molecule has 0 unspecified atom stereocenters. The second-order valence-electron chi connectivity index (χ2n) is 6.57. The number of aromatic amines is 1. The van der Waals surface area contributed by atoms with Gasteiger partial charge in [0.25, 0.3) is 5.56 Å². The molecule has 1 aliphatic heterocycles. The molecule has 144 valence electrons. The molecule has 0 saturated heterocycles. The minimum Gasteiger partial charge on any atom is -0.306 e. The Bertz CT molecular complexity index is 1030. The SMILES string of the molecule is O=c1[nH]c(-c2ccc(C(F)(F)F)cc2)nc2c1CN(Cc1cnccn1)CC2. The molecule has 1 aromatic carbocycles. The van der Waals surface area contributed by atoms with Crippen LogP contribution in [0.15, 0.2) is 47.7 Å². The first kappa shape index (κ1) is 18.3. The molecule has 3 aromatic rings. The van der Waals surface area contributed by atoms with Crippen molar-refractivity contribution in [3.63, 3.8) is 0 Å². The molecule has 0 spiro atoms. The van der Waals surface area contributed by atoms with Crippen LogP contribution in [0.2, 0.25) is 0 Å². The van der Waals surface area contributed by atoms with Gasteiger partial charge in [0.15, 0.2) is 0 Å². The van der Waals surface area contributed by atoms with Gasteiger partial charge in [-0.1, -0.05) is 12.1 Å². The van der Waals surface area contributed by atoms with Crippen LogP contribution >= 0.6 is 0 Å². The summed E-state index contributed by atoms with van der Waals surface area (Å²) < 4.78 is 38.2. The van der Waals surface area contributed by atoms with Crippen LogP contribution in [0.4, 0.5) is 13.2 Å². The molecule has 1 N–H and O–H groups in total. The van der Waals surface area contributed by atoms with E-state index in [0.29, 0.717) is 42.9 Å². The van der Waals surface area contributed by atoms with Gasteiger partial charge in [-0.2, -0.15) is 13.2 Å². The van der Waals surface area contributed by atoms with Crippen LogP contribution in [0.5, 0.6) is 0 Å². The largest absolute Gasteiger partial charge is 0.416 e. The molecule has 0 saturated carbocycles. The molecule has 9 heteroatoms. The van der Waals surface area contributed by atoms with Gasteiger partial charge in [-0.3, -0.25) is 19.7 Å². The lowest BCUT2D eigenvalue weighted by atomic mass is 10.1. The molecule has 28 heavy (non-hydrogen) atoms. The van der Waals surface area contributed by atoms with Crippen molar-refractivity contribution in [3.05, 3.63) is 75.7 Å². The van der Waals surface area contributed by atoms with Gasteiger partial charge in [0.05, 0.1) is 22.5 Å². The summed E-state index contributed by atoms with van der Waals surface area (Å²) in [6.07, 6.45) is 1.09. The summed E-state index contributed by atoms with van der Waals surface area (Å²) in [6, 6.07) is 4.60. The van der Waals surface area contributed by atoms with Crippen molar-refractivity contribution in [2.24, 2.45) is 0 Å². The molecule has 1 aliphatic rings. The van der Waals surface area contributed by atoms with Gasteiger partial charge >= 0.3 is 6.18 Å². The highest BCUT2D eigenvalue weighted by atomic mass is 19.4. The van der Waals surface area contributed by atoms with Crippen LogP contribution in [0, 0.1) is 0 Å². The van der Waals surface area contributed by atoms with E-state index < -0.39 is 11.7 Å². The maximum atomic E-state index is 12.7. The zero-order chi connectivity index (χ0) is 19.7. The molecular weight excluding hydrogens is 371 g/mol. The van der Waals surface area contributed by atoms with Crippen LogP contribution in [0.3, 0.4) is 0 Å². The van der Waals surface area contributed by atoms with Gasteiger partial charge in [0, 0.05) is 50.2 Å². The average molecular weight is 387 g/mol. The molecule has 0 bridgehead atoms. The van der Waals surface area contributed by atoms with Crippen molar-refractivity contribution < 1.29 is 13.2 Å². The van der Waals surface area contributed by atoms with E-state index in [4.69, 9.17) is 0 Å². The number of hydrogen-bond donors (Lipinski definition) is 1. The number of halogens is 3. The summed E-state index contributed by atoms with van der Waals surface area (Å²) >= 11 is 0. The third-order valence-electron chi connectivity index (χ3n) is 4.64. The van der Waals surface area contributed by atoms with Gasteiger partial charge in [0.1, 0.15) is 5.82 Å². The Morgan fingerprint density at radius 1 is 1.14 bits per heavy atom. The highest BCUT2D eigenvalue weighted by Gasteiger charge is 2.30. The predicted molar refractivity (Wildman–Crippen MR) is 95.1 cm³/mol. The Labute approximate surface area is 158 Å². The number of rotatable bonds is 3. The molecule has 6 nitrogen and oxygen atoms in total. The molecule has 3 heterocycles. The monoisotopic (exact) mass is 387 g/mol. The summed E-state index contributed by atoms with van der Waals surface area (Å²) in [5.74, 6) is 0.278. The Balaban J connectivity index is 1.57. The van der Waals surface area contributed by atoms with Crippen LogP contribution < -0.4 is 5.56 Å². The van der Waals surface area contributed by atoms with E-state index in [1.165, 1.54) is 12.1 Å². The smallest absolute Gasteiger partial charge is 0.306 e. The molecule has 2 aromatic heterocycles. The van der Waals surface area contributed by atoms with Crippen molar-refractivity contribution in [2.45, 2.75) is 25.7 Å². The normalized spacial score (nSPS) is 14.7. The summed E-state index contributed by atoms with van der Waals surface area (Å²) in [5.41, 5.74) is 1.49. The second kappa shape index (κ2) is 7.16. The van der Waals surface area contributed by atoms with Crippen LogP contribution in [0.25, 0.3) is 11.4 Å². The van der Waals surface area contributed by atoms with E-state index in [-0.39, 0.29) is 11.4 Å². The Morgan fingerprint density at radius 3 is 2.61 bits per heavy atom. The number of benzene rings is 1. The summed E-state index contributed by atoms with van der Waals surface area (Å²) in [6.45, 7) is 1.71. The lowest BCUT2D eigenvalue weighted by Gasteiger charge is -2.27. The third kappa shape index (κ3) is 3.79. The first-order valence-corrected chi connectivity index (χ1v) is 8.67. The van der Waals surface area contributed by atoms with Gasteiger partial charge in [-0.15, -0.1) is 0 Å². The van der Waals surface area contributed by atoms with Crippen LogP contribution in [0.1, 0.15) is 22.5 Å². The third-order valence-corrected chi connectivity index (χ3v) is 4.64. The maximum absolute atomic E-state index is 12.7. The Hall–Kier alpha value is -3.07. The topological polar surface area (TPSA) is 74.8 Å². The fourth-order valence-electron chi connectivity index (χ4n) is 3.21. The zero-order valence-electron chi connectivity index (χ0n) is 14.7. The van der Waals surface area contributed by atoms with Crippen molar-refractivity contribution in [1.29, 1.82) is 0 Å². The number of nitrogens with zero attached hydrogens (tertiary/aromatic N) is 4. The highest BCUT2D eigenvalue weighted by molar-refractivity contribution is 5.56. The van der Waals surface area contributed by atoms with E-state index in [0.717, 1.165) is 17.8 Å². The van der Waals surface area contributed by atoms with Crippen molar-refractivity contribution in [2.75, 3.05) is 6.54 Å². The molecule has 0 amide bonds. The zero-order valence-corrected chi connectivity index (χ0v) is 14.7. The summed E-state index contributed by atoms with van der Waals surface area (Å²) in [4.78, 5) is 30.1. The van der Waals surface area contributed by atoms with Gasteiger partial charge in [-0.05, 0) is 12.1 Å². The minimum atomic E-state index is -4.40. The van der Waals surface area contributed by atoms with Crippen LogP contribution in [-0.4, -0.2) is 31.4 Å². The number of alkyl halides is 3. The van der Waals surface area contributed by atoms with E-state index in [9.17, 15) is 18.0 Å². The average Bonchev–Trinajstić information content (AvgIpc) is 2.68. The quantitative estimate of drug-likeness (QED) is 0.748. The van der Waals surface area contributed by atoms with E-state index in [2.05, 4.69) is 24.8 Å². The molecular formula is C19H16F3N5O. The number of nitrogens with one attached hydrogen (secondary N) is 1. The molecule has 4 rings (SSSR count). The Morgan fingerprint density at radius 2 is 1.93 bits per heavy atom. The number of H-pyrrole nitrogens is 1. The Kier molecular flexibility index (Phi) is 4.68. The summed E-state index contributed by atoms with van der Waals surface area (Å²) in [7, 11) is 0. The maximum Gasteiger partial charge on any atom is 0.416 e. The second-order valence-corrected chi connectivity index (χ2v) is 6.57. The van der Waals surface area contributed by atoms with E-state index in [1.807, 2.05) is 0 Å². The fraction of sp³-hybridized carbons (Fsp3) is 0.263. The number of hydrogen-bond acceptors (Lipinski definition) is 5. The van der Waals surface area contributed by atoms with Gasteiger partial charge < -0.3 is 4.98 Å². The standard InChI is InChI=1S/C19H16F3N5O/c20-19(21,22)13-3-1-12(2-4-13)17-25-16-5-8-27(11-15(16)18(28)26-17)10-14-9-23-6-7-24-14/h1-4,6-7,9H,5,8,10-11H2,(H,25,26,28). The molecule has 0 aliphatic carbocycles. The molecule has 0 radical (unpaired) electrons. The first-order valence-electron chi connectivity index (χ1n) is 8.67. The van der Waals surface area contributed by atoms with Crippen molar-refractivity contribution >= 4 is 0 Å². The van der Waals surface area contributed by atoms with E-state index in [1.54, 1.807) is 18.6 Å². The van der Waals surface area contributed by atoms with Gasteiger partial charge in [-0.25, -0.2) is 4.98 Å². The first-order chi connectivity index (χ1) is 13.4. The highest BCUT2D eigenvalue weighted by Crippen LogP contribution is 2.30. The van der Waals surface area contributed by atoms with Crippen LogP contribution in [-0.2, 0) is 25.7 Å². The van der Waals surface area contributed by atoms with Crippen molar-refractivity contribution in [1.82, 2.24) is 24.8 Å². The van der Waals surface area contributed by atoms with E-state index >= 15 is 0 Å². The fourth-order valence-corrected chi connectivity index (χ4v) is 3.21. The summed E-state index contributed by atoms with van der Waals surface area (Å²) in [5, 5.41) is 0.